The van der Waals surface area contributed by atoms with Gasteiger partial charge in [0.2, 0.25) is 5.95 Å². The Morgan fingerprint density at radius 1 is 1.00 bits per heavy atom. The number of piperazine rings is 1. The molecule has 2 fully saturated rings. The van der Waals surface area contributed by atoms with Crippen molar-refractivity contribution in [3.63, 3.8) is 0 Å². The minimum absolute atomic E-state index is 0.854. The summed E-state index contributed by atoms with van der Waals surface area (Å²) in [5.74, 6) is 2.94. The minimum atomic E-state index is 0.854. The molecule has 0 amide bonds. The molecule has 0 aromatic carbocycles. The number of aromatic nitrogens is 5. The van der Waals surface area contributed by atoms with Gasteiger partial charge in [-0.15, -0.1) is 10.2 Å². The van der Waals surface area contributed by atoms with E-state index in [-0.39, 0.29) is 0 Å². The van der Waals surface area contributed by atoms with Gasteiger partial charge in [-0.2, -0.15) is 4.98 Å². The maximum atomic E-state index is 4.79. The van der Waals surface area contributed by atoms with E-state index in [0.717, 1.165) is 63.4 Å². The van der Waals surface area contributed by atoms with Crippen LogP contribution in [-0.4, -0.2) is 68.9 Å². The van der Waals surface area contributed by atoms with Gasteiger partial charge in [0.25, 0.3) is 0 Å². The third-order valence-corrected chi connectivity index (χ3v) is 4.88. The van der Waals surface area contributed by atoms with Crippen molar-refractivity contribution in [1.82, 2.24) is 29.6 Å². The van der Waals surface area contributed by atoms with E-state index < -0.39 is 0 Å². The summed E-state index contributed by atoms with van der Waals surface area (Å²) in [7, 11) is 1.99. The Labute approximate surface area is 142 Å². The summed E-state index contributed by atoms with van der Waals surface area (Å²) in [6.45, 7) is 6.99. The Hall–Kier alpha value is -2.22. The fraction of sp³-hybridized carbons (Fsp3) is 0.625. The SMILES string of the molecule is Cn1cnnc1CN1CCN(c2ccnc(N3CCCC3)n2)CC1. The standard InChI is InChI=1S/C16H24N8/c1-21-13-18-20-15(21)12-22-8-10-23(11-9-22)14-4-5-17-16(19-14)24-6-2-3-7-24/h4-5,13H,2-3,6-12H2,1H3. The van der Waals surface area contributed by atoms with E-state index in [0.29, 0.717) is 0 Å². The number of nitrogens with zero attached hydrogens (tertiary/aromatic N) is 8. The quantitative estimate of drug-likeness (QED) is 0.811. The molecule has 8 heteroatoms. The van der Waals surface area contributed by atoms with E-state index in [9.17, 15) is 0 Å². The average Bonchev–Trinajstić information content (AvgIpc) is 3.28. The van der Waals surface area contributed by atoms with E-state index in [1.807, 2.05) is 23.9 Å². The first-order chi connectivity index (χ1) is 11.8. The molecule has 0 spiro atoms. The highest BCUT2D eigenvalue weighted by atomic mass is 15.3. The van der Waals surface area contributed by atoms with Gasteiger partial charge in [0, 0.05) is 52.5 Å². The van der Waals surface area contributed by atoms with E-state index in [4.69, 9.17) is 4.98 Å². The molecule has 0 aliphatic carbocycles. The molecule has 0 unspecified atom stereocenters. The van der Waals surface area contributed by atoms with E-state index in [2.05, 4.69) is 29.9 Å². The van der Waals surface area contributed by atoms with Crippen LogP contribution in [0, 0.1) is 0 Å². The highest BCUT2D eigenvalue weighted by Crippen LogP contribution is 2.20. The van der Waals surface area contributed by atoms with Crippen LogP contribution in [0.15, 0.2) is 18.6 Å². The fourth-order valence-corrected chi connectivity index (χ4v) is 3.37. The van der Waals surface area contributed by atoms with Gasteiger partial charge in [0.15, 0.2) is 0 Å². The highest BCUT2D eigenvalue weighted by molar-refractivity contribution is 5.44. The first-order valence-electron chi connectivity index (χ1n) is 8.68. The van der Waals surface area contributed by atoms with Gasteiger partial charge in [0.1, 0.15) is 18.0 Å². The summed E-state index contributed by atoms with van der Waals surface area (Å²) >= 11 is 0. The molecular weight excluding hydrogens is 304 g/mol. The van der Waals surface area contributed by atoms with Crippen LogP contribution in [0.3, 0.4) is 0 Å². The Kier molecular flexibility index (Phi) is 4.29. The van der Waals surface area contributed by atoms with Gasteiger partial charge in [-0.25, -0.2) is 4.98 Å². The van der Waals surface area contributed by atoms with E-state index in [1.54, 1.807) is 6.33 Å². The monoisotopic (exact) mass is 328 g/mol. The first kappa shape index (κ1) is 15.3. The number of hydrogen-bond acceptors (Lipinski definition) is 7. The van der Waals surface area contributed by atoms with Crippen LogP contribution in [0.25, 0.3) is 0 Å². The molecule has 4 heterocycles. The third kappa shape index (κ3) is 3.19. The molecule has 2 aliphatic rings. The van der Waals surface area contributed by atoms with Crippen LogP contribution in [0.5, 0.6) is 0 Å². The molecule has 24 heavy (non-hydrogen) atoms. The van der Waals surface area contributed by atoms with Crippen molar-refractivity contribution in [2.24, 2.45) is 7.05 Å². The summed E-state index contributed by atoms with van der Waals surface area (Å²) in [5.41, 5.74) is 0. The summed E-state index contributed by atoms with van der Waals surface area (Å²) in [6.07, 6.45) is 6.14. The normalized spacial score (nSPS) is 19.2. The van der Waals surface area contributed by atoms with Crippen LogP contribution in [0.4, 0.5) is 11.8 Å². The Morgan fingerprint density at radius 2 is 1.79 bits per heavy atom. The Morgan fingerprint density at radius 3 is 2.50 bits per heavy atom. The Balaban J connectivity index is 1.37. The smallest absolute Gasteiger partial charge is 0.227 e. The largest absolute Gasteiger partial charge is 0.354 e. The van der Waals surface area contributed by atoms with Crippen molar-refractivity contribution in [2.75, 3.05) is 49.1 Å². The summed E-state index contributed by atoms with van der Waals surface area (Å²) in [4.78, 5) is 16.3. The number of rotatable bonds is 4. The second kappa shape index (κ2) is 6.72. The van der Waals surface area contributed by atoms with Gasteiger partial charge in [-0.1, -0.05) is 0 Å². The summed E-state index contributed by atoms with van der Waals surface area (Å²) < 4.78 is 1.99. The predicted octanol–water partition coefficient (Wildman–Crippen LogP) is 0.527. The molecule has 128 valence electrons. The zero-order valence-corrected chi connectivity index (χ0v) is 14.2. The minimum Gasteiger partial charge on any atom is -0.354 e. The molecule has 0 bridgehead atoms. The zero-order valence-electron chi connectivity index (χ0n) is 14.2. The van der Waals surface area contributed by atoms with Crippen LogP contribution in [-0.2, 0) is 13.6 Å². The number of aryl methyl sites for hydroxylation is 1. The lowest BCUT2D eigenvalue weighted by molar-refractivity contribution is 0.241. The van der Waals surface area contributed by atoms with Gasteiger partial charge in [-0.05, 0) is 18.9 Å². The maximum Gasteiger partial charge on any atom is 0.227 e. The van der Waals surface area contributed by atoms with Gasteiger partial charge in [0.05, 0.1) is 6.54 Å². The van der Waals surface area contributed by atoms with Crippen LogP contribution in [0.2, 0.25) is 0 Å². The summed E-state index contributed by atoms with van der Waals surface area (Å²) in [5, 5.41) is 8.13. The third-order valence-electron chi connectivity index (χ3n) is 4.88. The molecule has 0 saturated carbocycles. The van der Waals surface area contributed by atoms with Crippen molar-refractivity contribution in [2.45, 2.75) is 19.4 Å². The lowest BCUT2D eigenvalue weighted by atomic mass is 10.3. The van der Waals surface area contributed by atoms with Crippen LogP contribution in [0.1, 0.15) is 18.7 Å². The van der Waals surface area contributed by atoms with E-state index in [1.165, 1.54) is 12.8 Å². The van der Waals surface area contributed by atoms with Gasteiger partial charge < -0.3 is 14.4 Å². The van der Waals surface area contributed by atoms with Crippen LogP contribution >= 0.6 is 0 Å². The molecule has 0 atom stereocenters. The second-order valence-corrected chi connectivity index (χ2v) is 6.53. The van der Waals surface area contributed by atoms with Crippen LogP contribution < -0.4 is 9.80 Å². The lowest BCUT2D eigenvalue weighted by Crippen LogP contribution is -2.46. The summed E-state index contributed by atoms with van der Waals surface area (Å²) in [6, 6.07) is 2.03. The van der Waals surface area contributed by atoms with Crippen molar-refractivity contribution in [3.05, 3.63) is 24.4 Å². The van der Waals surface area contributed by atoms with Crippen molar-refractivity contribution < 1.29 is 0 Å². The predicted molar refractivity (Wildman–Crippen MR) is 92.0 cm³/mol. The topological polar surface area (TPSA) is 66.2 Å². The van der Waals surface area contributed by atoms with Gasteiger partial charge >= 0.3 is 0 Å². The van der Waals surface area contributed by atoms with Crippen molar-refractivity contribution in [3.8, 4) is 0 Å². The molecule has 0 radical (unpaired) electrons. The molecule has 2 saturated heterocycles. The van der Waals surface area contributed by atoms with E-state index >= 15 is 0 Å². The fourth-order valence-electron chi connectivity index (χ4n) is 3.37. The molecule has 2 aromatic rings. The highest BCUT2D eigenvalue weighted by Gasteiger charge is 2.21. The van der Waals surface area contributed by atoms with Crippen molar-refractivity contribution >= 4 is 11.8 Å². The van der Waals surface area contributed by atoms with Gasteiger partial charge in [-0.3, -0.25) is 4.90 Å². The number of hydrogen-bond donors (Lipinski definition) is 0. The molecule has 2 aliphatic heterocycles. The second-order valence-electron chi connectivity index (χ2n) is 6.53. The zero-order chi connectivity index (χ0) is 16.4. The molecule has 4 rings (SSSR count). The Bertz CT molecular complexity index is 670. The first-order valence-corrected chi connectivity index (χ1v) is 8.68. The molecular formula is C16H24N8. The average molecular weight is 328 g/mol. The molecule has 2 aromatic heterocycles. The molecule has 8 nitrogen and oxygen atoms in total. The number of anilines is 2. The lowest BCUT2D eigenvalue weighted by Gasteiger charge is -2.35. The maximum absolute atomic E-state index is 4.79. The molecule has 0 N–H and O–H groups in total. The van der Waals surface area contributed by atoms with Crippen molar-refractivity contribution in [1.29, 1.82) is 0 Å².